The summed E-state index contributed by atoms with van der Waals surface area (Å²) in [7, 11) is -4.23. The second-order valence-electron chi connectivity index (χ2n) is 9.87. The fourth-order valence-corrected chi connectivity index (χ4v) is 7.68. The Morgan fingerprint density at radius 3 is 2.48 bits per heavy atom. The van der Waals surface area contributed by atoms with Crippen LogP contribution in [0.3, 0.4) is 0 Å². The Labute approximate surface area is 231 Å². The van der Waals surface area contributed by atoms with Crippen LogP contribution in [0, 0.1) is 17.2 Å². The first-order valence-corrected chi connectivity index (χ1v) is 14.6. The summed E-state index contributed by atoms with van der Waals surface area (Å²) >= 11 is 1.16. The Balaban J connectivity index is 1.39. The van der Waals surface area contributed by atoms with Gasteiger partial charge in [0.2, 0.25) is 15.8 Å². The molecule has 0 spiro atoms. The van der Waals surface area contributed by atoms with Gasteiger partial charge in [-0.1, -0.05) is 6.08 Å². The first kappa shape index (κ1) is 26.8. The van der Waals surface area contributed by atoms with Gasteiger partial charge in [-0.25, -0.2) is 23.2 Å². The molecule has 1 fully saturated rings. The van der Waals surface area contributed by atoms with Crippen LogP contribution in [0.25, 0.3) is 0 Å². The van der Waals surface area contributed by atoms with Crippen LogP contribution < -0.4 is 10.4 Å². The number of sulfonamides is 1. The Hall–Kier alpha value is -3.39. The third-order valence-electron chi connectivity index (χ3n) is 7.55. The average molecular weight is 591 g/mol. The highest BCUT2D eigenvalue weighted by atomic mass is 32.2. The van der Waals surface area contributed by atoms with Gasteiger partial charge in [-0.2, -0.15) is 17.5 Å². The first-order valence-electron chi connectivity index (χ1n) is 12.3. The standard InChI is InChI=1S/C27H22F4N4O3S2/c28-20-3-5-21(6-4-20)35-23-13-19-9-11-34(40(37,38)22-7-1-18(2-8-22)27(29,30)31)16-26(19,14-17(23)15-33-35)24(36)25-32-10-12-39-25/h1-10,12-13,17,33H,11,14-16H2/t17?,26-/m0/s1. The number of hydrogen-bond acceptors (Lipinski definition) is 7. The number of rotatable bonds is 5. The minimum absolute atomic E-state index is 0.0655. The lowest BCUT2D eigenvalue weighted by atomic mass is 9.65. The SMILES string of the molecule is O=C(c1nccs1)[C@]12CC3CNN(c4ccc(F)cc4)C3=CC1=CCN(S(=O)(=O)c1ccc(C(F)(F)F)cc1)C2. The Morgan fingerprint density at radius 1 is 1.10 bits per heavy atom. The fourth-order valence-electron chi connectivity index (χ4n) is 5.57. The maximum absolute atomic E-state index is 14.0. The second kappa shape index (κ2) is 9.61. The number of alkyl halides is 3. The van der Waals surface area contributed by atoms with E-state index in [1.54, 1.807) is 23.6 Å². The van der Waals surface area contributed by atoms with E-state index in [0.717, 1.165) is 51.3 Å². The van der Waals surface area contributed by atoms with Crippen LogP contribution >= 0.6 is 11.3 Å². The van der Waals surface area contributed by atoms with E-state index in [0.29, 0.717) is 12.1 Å². The summed E-state index contributed by atoms with van der Waals surface area (Å²) in [4.78, 5) is 17.9. The van der Waals surface area contributed by atoms with E-state index in [-0.39, 0.29) is 46.9 Å². The summed E-state index contributed by atoms with van der Waals surface area (Å²) in [5.74, 6) is -0.842. The molecule has 1 saturated heterocycles. The van der Waals surface area contributed by atoms with E-state index in [4.69, 9.17) is 0 Å². The molecule has 2 aliphatic heterocycles. The van der Waals surface area contributed by atoms with E-state index in [9.17, 15) is 30.8 Å². The molecule has 1 aromatic heterocycles. The highest BCUT2D eigenvalue weighted by Crippen LogP contribution is 2.50. The summed E-state index contributed by atoms with van der Waals surface area (Å²) in [6, 6.07) is 9.34. The molecular weight excluding hydrogens is 568 g/mol. The number of halogens is 4. The number of nitrogens with one attached hydrogen (secondary N) is 1. The quantitative estimate of drug-likeness (QED) is 0.332. The average Bonchev–Trinajstić information content (AvgIpc) is 3.61. The molecule has 208 valence electrons. The predicted molar refractivity (Wildman–Crippen MR) is 140 cm³/mol. The van der Waals surface area contributed by atoms with E-state index in [1.165, 1.54) is 18.3 Å². The zero-order valence-electron chi connectivity index (χ0n) is 20.7. The van der Waals surface area contributed by atoms with E-state index in [1.807, 2.05) is 11.1 Å². The maximum atomic E-state index is 14.0. The minimum atomic E-state index is -4.60. The lowest BCUT2D eigenvalue weighted by molar-refractivity contribution is -0.137. The van der Waals surface area contributed by atoms with E-state index < -0.39 is 27.2 Å². The predicted octanol–water partition coefficient (Wildman–Crippen LogP) is 5.03. The molecule has 0 saturated carbocycles. The van der Waals surface area contributed by atoms with E-state index in [2.05, 4.69) is 10.4 Å². The van der Waals surface area contributed by atoms with Gasteiger partial charge in [0.1, 0.15) is 5.82 Å². The van der Waals surface area contributed by atoms with Crippen molar-refractivity contribution in [2.24, 2.45) is 11.3 Å². The summed E-state index contributed by atoms with van der Waals surface area (Å²) in [5.41, 5.74) is 3.33. The van der Waals surface area contributed by atoms with Gasteiger partial charge >= 0.3 is 6.18 Å². The van der Waals surface area contributed by atoms with Gasteiger partial charge in [-0.15, -0.1) is 11.3 Å². The molecular formula is C27H22F4N4O3S2. The van der Waals surface area contributed by atoms with Crippen LogP contribution in [0.2, 0.25) is 0 Å². The number of anilines is 1. The number of carbonyl (C=O) groups excluding carboxylic acids is 1. The van der Waals surface area contributed by atoms with Crippen LogP contribution in [-0.4, -0.2) is 43.1 Å². The van der Waals surface area contributed by atoms with Gasteiger partial charge < -0.3 is 0 Å². The molecule has 0 amide bonds. The fraction of sp³-hybridized carbons (Fsp3) is 0.259. The Bertz CT molecular complexity index is 1620. The third kappa shape index (κ3) is 4.46. The van der Waals surface area contributed by atoms with Crippen molar-refractivity contribution in [1.82, 2.24) is 14.7 Å². The van der Waals surface area contributed by atoms with Gasteiger partial charge in [-0.3, -0.25) is 9.80 Å². The van der Waals surface area contributed by atoms with Gasteiger partial charge in [0.05, 0.1) is 21.6 Å². The van der Waals surface area contributed by atoms with Crippen molar-refractivity contribution >= 4 is 32.8 Å². The Morgan fingerprint density at radius 2 is 1.82 bits per heavy atom. The molecule has 40 heavy (non-hydrogen) atoms. The zero-order valence-corrected chi connectivity index (χ0v) is 22.4. The van der Waals surface area contributed by atoms with Gasteiger partial charge in [0.25, 0.3) is 0 Å². The molecule has 7 nitrogen and oxygen atoms in total. The lowest BCUT2D eigenvalue weighted by Crippen LogP contribution is -2.52. The topological polar surface area (TPSA) is 82.6 Å². The van der Waals surface area contributed by atoms with Crippen LogP contribution in [0.1, 0.15) is 21.8 Å². The van der Waals surface area contributed by atoms with Crippen molar-refractivity contribution in [3.05, 3.63) is 99.9 Å². The number of nitrogens with zero attached hydrogens (tertiary/aromatic N) is 3. The number of fused-ring (bicyclic) bond motifs is 2. The molecule has 2 aromatic carbocycles. The third-order valence-corrected chi connectivity index (χ3v) is 10.1. The molecule has 3 aromatic rings. The number of aromatic nitrogens is 1. The minimum Gasteiger partial charge on any atom is -0.290 e. The van der Waals surface area contributed by atoms with E-state index >= 15 is 0 Å². The maximum Gasteiger partial charge on any atom is 0.416 e. The molecule has 1 unspecified atom stereocenters. The molecule has 3 aliphatic rings. The van der Waals surface area contributed by atoms with Crippen LogP contribution in [-0.2, 0) is 16.2 Å². The molecule has 0 radical (unpaired) electrons. The van der Waals surface area contributed by atoms with Crippen molar-refractivity contribution in [2.45, 2.75) is 17.5 Å². The van der Waals surface area contributed by atoms with Crippen molar-refractivity contribution in [3.63, 3.8) is 0 Å². The monoisotopic (exact) mass is 590 g/mol. The summed E-state index contributed by atoms with van der Waals surface area (Å²) in [6.45, 7) is 0.219. The second-order valence-corrected chi connectivity index (χ2v) is 12.7. The van der Waals surface area contributed by atoms with Gasteiger partial charge in [0.15, 0.2) is 5.01 Å². The molecule has 1 N–H and O–H groups in total. The van der Waals surface area contributed by atoms with Crippen molar-refractivity contribution < 1.29 is 30.8 Å². The summed E-state index contributed by atoms with van der Waals surface area (Å²) in [5, 5.41) is 3.76. The van der Waals surface area contributed by atoms with Crippen LogP contribution in [0.15, 0.2) is 88.4 Å². The zero-order chi connectivity index (χ0) is 28.3. The Kier molecular flexibility index (Phi) is 6.44. The molecule has 0 bridgehead atoms. The molecule has 13 heteroatoms. The number of ketones is 1. The number of benzene rings is 2. The van der Waals surface area contributed by atoms with Crippen molar-refractivity contribution in [1.29, 1.82) is 0 Å². The number of Topliss-reactive ketones (excluding diaryl/α,β-unsaturated/α-hetero) is 1. The van der Waals surface area contributed by atoms with Crippen LogP contribution in [0.4, 0.5) is 23.2 Å². The van der Waals surface area contributed by atoms with Crippen molar-refractivity contribution in [3.8, 4) is 0 Å². The van der Waals surface area contributed by atoms with Gasteiger partial charge in [-0.05, 0) is 66.6 Å². The number of thiazole rings is 1. The highest BCUT2D eigenvalue weighted by molar-refractivity contribution is 7.89. The number of hydrogen-bond donors (Lipinski definition) is 1. The normalized spacial score (nSPS) is 23.3. The van der Waals surface area contributed by atoms with Crippen molar-refractivity contribution in [2.75, 3.05) is 24.6 Å². The molecule has 6 rings (SSSR count). The number of carbonyl (C=O) groups is 1. The smallest absolute Gasteiger partial charge is 0.290 e. The van der Waals surface area contributed by atoms with Gasteiger partial charge in [0, 0.05) is 42.8 Å². The molecule has 3 heterocycles. The lowest BCUT2D eigenvalue weighted by Gasteiger charge is -2.44. The summed E-state index contributed by atoms with van der Waals surface area (Å²) in [6.07, 6.45) is 0.756. The van der Waals surface area contributed by atoms with Crippen LogP contribution in [0.5, 0.6) is 0 Å². The number of hydrazine groups is 1. The first-order chi connectivity index (χ1) is 19.0. The largest absolute Gasteiger partial charge is 0.416 e. The summed E-state index contributed by atoms with van der Waals surface area (Å²) < 4.78 is 81.0. The molecule has 1 aliphatic carbocycles. The number of allylic oxidation sites excluding steroid dienone is 1. The highest BCUT2D eigenvalue weighted by Gasteiger charge is 2.53. The molecule has 2 atom stereocenters.